The number of pyridine rings is 1. The number of aromatic nitrogens is 4. The number of piperidine rings is 1. The van der Waals surface area contributed by atoms with Gasteiger partial charge in [-0.25, -0.2) is 9.67 Å². The zero-order chi connectivity index (χ0) is 25.7. The molecular weight excluding hydrogens is 472 g/mol. The molecule has 1 amide bonds. The van der Waals surface area contributed by atoms with Crippen molar-refractivity contribution in [3.63, 3.8) is 0 Å². The van der Waals surface area contributed by atoms with Crippen LogP contribution in [0.2, 0.25) is 0 Å². The van der Waals surface area contributed by atoms with Gasteiger partial charge in [0.1, 0.15) is 5.82 Å². The highest BCUT2D eigenvalue weighted by Gasteiger charge is 2.28. The molecule has 0 spiro atoms. The smallest absolute Gasteiger partial charge is 0.227 e. The Kier molecular flexibility index (Phi) is 7.45. The quantitative estimate of drug-likeness (QED) is 0.364. The Morgan fingerprint density at radius 1 is 0.947 bits per heavy atom. The fraction of sp³-hybridized carbons (Fsp3) is 0.419. The molecule has 1 aliphatic heterocycles. The van der Waals surface area contributed by atoms with Crippen LogP contribution in [0.4, 0.5) is 0 Å². The minimum atomic E-state index is 0.214. The van der Waals surface area contributed by atoms with Crippen molar-refractivity contribution in [3.05, 3.63) is 78.4 Å². The molecule has 1 N–H and O–H groups in total. The molecule has 38 heavy (non-hydrogen) atoms. The van der Waals surface area contributed by atoms with Crippen LogP contribution in [0.3, 0.4) is 0 Å². The monoisotopic (exact) mass is 508 g/mol. The summed E-state index contributed by atoms with van der Waals surface area (Å²) in [6, 6.07) is 18.9. The molecule has 1 saturated heterocycles. The van der Waals surface area contributed by atoms with E-state index in [-0.39, 0.29) is 5.91 Å². The lowest BCUT2D eigenvalue weighted by Crippen LogP contribution is -2.42. The molecule has 4 aromatic rings. The van der Waals surface area contributed by atoms with Gasteiger partial charge in [0.15, 0.2) is 5.82 Å². The van der Waals surface area contributed by atoms with E-state index in [0.29, 0.717) is 31.5 Å². The zero-order valence-corrected chi connectivity index (χ0v) is 21.9. The molecule has 0 radical (unpaired) electrons. The van der Waals surface area contributed by atoms with Gasteiger partial charge in [-0.3, -0.25) is 9.78 Å². The molecule has 1 saturated carbocycles. The van der Waals surface area contributed by atoms with Gasteiger partial charge in [0.25, 0.3) is 0 Å². The van der Waals surface area contributed by atoms with Crippen molar-refractivity contribution in [1.29, 1.82) is 0 Å². The van der Waals surface area contributed by atoms with Crippen molar-refractivity contribution in [2.24, 2.45) is 0 Å². The highest BCUT2D eigenvalue weighted by atomic mass is 16.2. The number of fused-ring (bicyclic) bond motifs is 1. The van der Waals surface area contributed by atoms with E-state index in [1.54, 1.807) is 12.4 Å². The third-order valence-electron chi connectivity index (χ3n) is 8.20. The number of carbonyl (C=O) groups excluding carboxylic acids is 1. The van der Waals surface area contributed by atoms with Crippen molar-refractivity contribution < 1.29 is 4.79 Å². The van der Waals surface area contributed by atoms with Crippen molar-refractivity contribution in [2.75, 3.05) is 19.6 Å². The number of nitrogens with one attached hydrogen (secondary N) is 1. The molecule has 2 aromatic carbocycles. The molecule has 0 bridgehead atoms. The van der Waals surface area contributed by atoms with Crippen molar-refractivity contribution in [2.45, 2.75) is 63.5 Å². The summed E-state index contributed by atoms with van der Waals surface area (Å²) in [5, 5.41) is 10.8. The molecule has 2 aliphatic rings. The van der Waals surface area contributed by atoms with Gasteiger partial charge in [-0.1, -0.05) is 55.3 Å². The predicted molar refractivity (Wildman–Crippen MR) is 150 cm³/mol. The molecule has 6 rings (SSSR count). The molecular formula is C31H36N6O. The standard InChI is InChI=1S/C31H36N6O/c38-29(22-26-8-5-7-23-6-1-4-11-28(23)26)36(27-9-2-3-10-27)20-21-37-31(25-14-18-33-19-15-25)34-30(35-37)24-12-16-32-17-13-24/h1,4-8,11-13,16-17,25,27,33H,2-3,9-10,14-15,18-22H2. The molecule has 0 atom stereocenters. The number of hydrogen-bond acceptors (Lipinski definition) is 5. The van der Waals surface area contributed by atoms with E-state index in [4.69, 9.17) is 10.1 Å². The summed E-state index contributed by atoms with van der Waals surface area (Å²) in [5.74, 6) is 2.39. The Labute approximate surface area is 224 Å². The van der Waals surface area contributed by atoms with Gasteiger partial charge in [-0.15, -0.1) is 0 Å². The van der Waals surface area contributed by atoms with E-state index in [9.17, 15) is 4.79 Å². The summed E-state index contributed by atoms with van der Waals surface area (Å²) >= 11 is 0. The van der Waals surface area contributed by atoms with E-state index in [1.807, 2.05) is 12.1 Å². The Balaban J connectivity index is 1.25. The van der Waals surface area contributed by atoms with E-state index < -0.39 is 0 Å². The number of amides is 1. The van der Waals surface area contributed by atoms with Crippen molar-refractivity contribution in [1.82, 2.24) is 30.0 Å². The Hall–Kier alpha value is -3.58. The first-order valence-corrected chi connectivity index (χ1v) is 14.1. The lowest BCUT2D eigenvalue weighted by atomic mass is 9.97. The van der Waals surface area contributed by atoms with Gasteiger partial charge in [-0.05, 0) is 67.2 Å². The van der Waals surface area contributed by atoms with E-state index in [2.05, 4.69) is 62.3 Å². The summed E-state index contributed by atoms with van der Waals surface area (Å²) in [6.07, 6.45) is 10.7. The minimum Gasteiger partial charge on any atom is -0.338 e. The average Bonchev–Trinajstić information content (AvgIpc) is 3.65. The fourth-order valence-electron chi connectivity index (χ4n) is 6.16. The van der Waals surface area contributed by atoms with Gasteiger partial charge in [0.2, 0.25) is 5.91 Å². The number of carbonyl (C=O) groups is 1. The number of benzene rings is 2. The summed E-state index contributed by atoms with van der Waals surface area (Å²) in [6.45, 7) is 3.32. The zero-order valence-electron chi connectivity index (χ0n) is 21.9. The normalized spacial score (nSPS) is 16.7. The van der Waals surface area contributed by atoms with Crippen molar-refractivity contribution in [3.8, 4) is 11.4 Å². The van der Waals surface area contributed by atoms with Crippen LogP contribution in [-0.2, 0) is 17.8 Å². The van der Waals surface area contributed by atoms with E-state index in [1.165, 1.54) is 23.6 Å². The van der Waals surface area contributed by atoms with Gasteiger partial charge >= 0.3 is 0 Å². The van der Waals surface area contributed by atoms with Gasteiger partial charge in [-0.2, -0.15) is 5.10 Å². The fourth-order valence-corrected chi connectivity index (χ4v) is 6.16. The Morgan fingerprint density at radius 3 is 2.53 bits per heavy atom. The second-order valence-electron chi connectivity index (χ2n) is 10.6. The summed E-state index contributed by atoms with van der Waals surface area (Å²) in [5.41, 5.74) is 2.08. The van der Waals surface area contributed by atoms with Crippen LogP contribution < -0.4 is 5.32 Å². The van der Waals surface area contributed by atoms with Crippen LogP contribution in [0.15, 0.2) is 67.0 Å². The predicted octanol–water partition coefficient (Wildman–Crippen LogP) is 4.97. The van der Waals surface area contributed by atoms with Crippen LogP contribution in [-0.4, -0.2) is 56.2 Å². The Morgan fingerprint density at radius 2 is 1.71 bits per heavy atom. The highest BCUT2D eigenvalue weighted by Crippen LogP contribution is 2.28. The average molecular weight is 509 g/mol. The molecule has 2 aromatic heterocycles. The van der Waals surface area contributed by atoms with Crippen LogP contribution >= 0.6 is 0 Å². The molecule has 2 fully saturated rings. The van der Waals surface area contributed by atoms with Gasteiger partial charge in [0.05, 0.1) is 13.0 Å². The topological polar surface area (TPSA) is 75.9 Å². The maximum absolute atomic E-state index is 13.8. The maximum atomic E-state index is 13.8. The molecule has 3 heterocycles. The SMILES string of the molecule is O=C(Cc1cccc2ccccc12)N(CCn1nc(-c2ccncc2)nc1C1CCNCC1)C1CCCC1. The van der Waals surface area contributed by atoms with Crippen molar-refractivity contribution >= 4 is 16.7 Å². The number of rotatable bonds is 8. The summed E-state index contributed by atoms with van der Waals surface area (Å²) in [4.78, 5) is 25.2. The largest absolute Gasteiger partial charge is 0.338 e. The third-order valence-corrected chi connectivity index (χ3v) is 8.20. The number of hydrogen-bond donors (Lipinski definition) is 1. The lowest BCUT2D eigenvalue weighted by molar-refractivity contribution is -0.132. The lowest BCUT2D eigenvalue weighted by Gasteiger charge is -2.30. The summed E-state index contributed by atoms with van der Waals surface area (Å²) in [7, 11) is 0. The molecule has 196 valence electrons. The van der Waals surface area contributed by atoms with Crippen LogP contribution in [0, 0.1) is 0 Å². The van der Waals surface area contributed by atoms with Crippen LogP contribution in [0.1, 0.15) is 55.8 Å². The molecule has 0 unspecified atom stereocenters. The first kappa shape index (κ1) is 24.7. The number of nitrogens with zero attached hydrogens (tertiary/aromatic N) is 5. The van der Waals surface area contributed by atoms with E-state index >= 15 is 0 Å². The van der Waals surface area contributed by atoms with Gasteiger partial charge in [0, 0.05) is 36.5 Å². The van der Waals surface area contributed by atoms with E-state index in [0.717, 1.165) is 61.5 Å². The molecule has 7 heteroatoms. The van der Waals surface area contributed by atoms with Gasteiger partial charge < -0.3 is 10.2 Å². The maximum Gasteiger partial charge on any atom is 0.227 e. The third kappa shape index (κ3) is 5.34. The van der Waals surface area contributed by atoms with Crippen LogP contribution in [0.5, 0.6) is 0 Å². The van der Waals surface area contributed by atoms with Crippen LogP contribution in [0.25, 0.3) is 22.2 Å². The molecule has 1 aliphatic carbocycles. The second kappa shape index (κ2) is 11.4. The molecule has 7 nitrogen and oxygen atoms in total. The highest BCUT2D eigenvalue weighted by molar-refractivity contribution is 5.90. The Bertz CT molecular complexity index is 1370. The summed E-state index contributed by atoms with van der Waals surface area (Å²) < 4.78 is 2.08. The second-order valence-corrected chi connectivity index (χ2v) is 10.6. The minimum absolute atomic E-state index is 0.214. The first-order valence-electron chi connectivity index (χ1n) is 14.1. The first-order chi connectivity index (χ1) is 18.8.